The minimum Gasteiger partial charge on any atom is -0.468 e. The van der Waals surface area contributed by atoms with Crippen molar-refractivity contribution in [3.63, 3.8) is 0 Å². The Morgan fingerprint density at radius 1 is 1.06 bits per heavy atom. The average Bonchev–Trinajstić information content (AvgIpc) is 2.78. The van der Waals surface area contributed by atoms with Gasteiger partial charge in [-0.25, -0.2) is 17.6 Å². The molecule has 0 unspecified atom stereocenters. The number of hydrogen-bond donors (Lipinski definition) is 0. The molecule has 184 valence electrons. The summed E-state index contributed by atoms with van der Waals surface area (Å²) in [5.74, 6) is -0.927. The van der Waals surface area contributed by atoms with Crippen LogP contribution in [0.25, 0.3) is 0 Å². The van der Waals surface area contributed by atoms with Gasteiger partial charge in [0.05, 0.1) is 18.1 Å². The zero-order chi connectivity index (χ0) is 24.9. The Hall–Kier alpha value is -3.15. The van der Waals surface area contributed by atoms with E-state index in [0.29, 0.717) is 16.8 Å². The van der Waals surface area contributed by atoms with Crippen LogP contribution in [0, 0.1) is 5.82 Å². The number of carbonyl (C=O) groups excluding carboxylic acids is 1. The molecule has 1 aliphatic heterocycles. The zero-order valence-corrected chi connectivity index (χ0v) is 19.1. The lowest BCUT2D eigenvalue weighted by molar-refractivity contribution is -0.156. The predicted octanol–water partition coefficient (Wildman–Crippen LogP) is 3.64. The standard InChI is InChI=1S/C22H23F4N3O4S/c1-27-20(33-15-22(24,25)26)17-4-2-16(3-5-17)14-29(19-8-6-18(23)7-9-19)21(30)28-10-12-34(31,32)13-11-28/h2-9H,10-15H2,1H3/b27-20-. The van der Waals surface area contributed by atoms with E-state index in [1.807, 2.05) is 0 Å². The molecule has 0 spiro atoms. The summed E-state index contributed by atoms with van der Waals surface area (Å²) >= 11 is 0. The van der Waals surface area contributed by atoms with Crippen molar-refractivity contribution < 1.29 is 35.5 Å². The Kier molecular flexibility index (Phi) is 7.80. The van der Waals surface area contributed by atoms with E-state index in [0.717, 1.165) is 0 Å². The molecule has 0 radical (unpaired) electrons. The first kappa shape index (κ1) is 25.5. The van der Waals surface area contributed by atoms with Gasteiger partial charge in [-0.1, -0.05) is 12.1 Å². The maximum Gasteiger partial charge on any atom is 0.422 e. The molecule has 1 aliphatic rings. The SMILES string of the molecule is C/N=C(\OCC(F)(F)F)c1ccc(CN(C(=O)N2CCS(=O)(=O)CC2)c2ccc(F)cc2)cc1. The number of hydrogen-bond acceptors (Lipinski definition) is 5. The molecule has 34 heavy (non-hydrogen) atoms. The van der Waals surface area contributed by atoms with Crippen LogP contribution < -0.4 is 4.90 Å². The quantitative estimate of drug-likeness (QED) is 0.356. The molecule has 0 atom stereocenters. The van der Waals surface area contributed by atoms with Crippen LogP contribution in [-0.2, 0) is 21.1 Å². The fraction of sp³-hybridized carbons (Fsp3) is 0.364. The Morgan fingerprint density at radius 3 is 2.18 bits per heavy atom. The van der Waals surface area contributed by atoms with Crippen LogP contribution in [0.3, 0.4) is 0 Å². The van der Waals surface area contributed by atoms with Crippen molar-refractivity contribution in [3.05, 3.63) is 65.5 Å². The lowest BCUT2D eigenvalue weighted by Gasteiger charge is -2.33. The summed E-state index contributed by atoms with van der Waals surface area (Å²) < 4.78 is 79.0. The summed E-state index contributed by atoms with van der Waals surface area (Å²) in [5, 5.41) is 0. The zero-order valence-electron chi connectivity index (χ0n) is 18.3. The monoisotopic (exact) mass is 501 g/mol. The number of ether oxygens (including phenoxy) is 1. The molecule has 0 bridgehead atoms. The highest BCUT2D eigenvalue weighted by molar-refractivity contribution is 7.91. The molecule has 3 rings (SSSR count). The number of sulfone groups is 1. The molecular weight excluding hydrogens is 478 g/mol. The summed E-state index contributed by atoms with van der Waals surface area (Å²) in [7, 11) is -1.88. The summed E-state index contributed by atoms with van der Waals surface area (Å²) in [6, 6.07) is 11.1. The van der Waals surface area contributed by atoms with Crippen molar-refractivity contribution in [3.8, 4) is 0 Å². The first-order valence-electron chi connectivity index (χ1n) is 10.3. The van der Waals surface area contributed by atoms with Crippen molar-refractivity contribution in [1.82, 2.24) is 4.90 Å². The molecule has 0 aliphatic carbocycles. The van der Waals surface area contributed by atoms with Crippen LogP contribution in [0.1, 0.15) is 11.1 Å². The highest BCUT2D eigenvalue weighted by atomic mass is 32.2. The van der Waals surface area contributed by atoms with Gasteiger partial charge in [0, 0.05) is 31.4 Å². The van der Waals surface area contributed by atoms with Crippen LogP contribution in [-0.4, -0.2) is 69.7 Å². The number of carbonyl (C=O) groups is 1. The molecule has 2 aromatic rings. The lowest BCUT2D eigenvalue weighted by atomic mass is 10.1. The van der Waals surface area contributed by atoms with Gasteiger partial charge in [0.1, 0.15) is 5.82 Å². The molecule has 1 heterocycles. The number of benzene rings is 2. The summed E-state index contributed by atoms with van der Waals surface area (Å²) in [6.45, 7) is -1.31. The summed E-state index contributed by atoms with van der Waals surface area (Å²) in [5.41, 5.74) is 1.38. The molecule has 7 nitrogen and oxygen atoms in total. The van der Waals surface area contributed by atoms with Crippen molar-refractivity contribution in [1.29, 1.82) is 0 Å². The number of anilines is 1. The topological polar surface area (TPSA) is 79.3 Å². The van der Waals surface area contributed by atoms with Crippen LogP contribution in [0.2, 0.25) is 0 Å². The van der Waals surface area contributed by atoms with E-state index in [1.54, 1.807) is 12.1 Å². The molecular formula is C22H23F4N3O4S. The molecule has 0 N–H and O–H groups in total. The third-order valence-electron chi connectivity index (χ3n) is 5.10. The van der Waals surface area contributed by atoms with E-state index in [2.05, 4.69) is 4.99 Å². The van der Waals surface area contributed by atoms with Crippen LogP contribution >= 0.6 is 0 Å². The van der Waals surface area contributed by atoms with Crippen molar-refractivity contribution in [2.24, 2.45) is 4.99 Å². The molecule has 2 aromatic carbocycles. The normalized spacial score (nSPS) is 16.3. The molecule has 1 fully saturated rings. The number of amides is 2. The first-order chi connectivity index (χ1) is 16.0. The van der Waals surface area contributed by atoms with Gasteiger partial charge in [0.2, 0.25) is 5.90 Å². The van der Waals surface area contributed by atoms with Crippen molar-refractivity contribution >= 4 is 27.5 Å². The Balaban J connectivity index is 1.79. The van der Waals surface area contributed by atoms with Gasteiger partial charge < -0.3 is 9.64 Å². The average molecular weight is 502 g/mol. The summed E-state index contributed by atoms with van der Waals surface area (Å²) in [6.07, 6.45) is -4.50. The predicted molar refractivity (Wildman–Crippen MR) is 119 cm³/mol. The van der Waals surface area contributed by atoms with E-state index >= 15 is 0 Å². The highest BCUT2D eigenvalue weighted by Crippen LogP contribution is 2.22. The second-order valence-corrected chi connectivity index (χ2v) is 9.92. The number of nitrogens with zero attached hydrogens (tertiary/aromatic N) is 3. The first-order valence-corrected chi connectivity index (χ1v) is 12.1. The minimum atomic E-state index is -4.50. The fourth-order valence-electron chi connectivity index (χ4n) is 3.33. The van der Waals surface area contributed by atoms with E-state index in [-0.39, 0.29) is 37.0 Å². The van der Waals surface area contributed by atoms with E-state index in [4.69, 9.17) is 4.74 Å². The molecule has 0 saturated carbocycles. The number of alkyl halides is 3. The second kappa shape index (κ2) is 10.4. The molecule has 1 saturated heterocycles. The van der Waals surface area contributed by atoms with Crippen molar-refractivity contribution in [2.45, 2.75) is 12.7 Å². The lowest BCUT2D eigenvalue weighted by Crippen LogP contribution is -2.49. The van der Waals surface area contributed by atoms with Gasteiger partial charge in [-0.2, -0.15) is 13.2 Å². The maximum absolute atomic E-state index is 13.4. The van der Waals surface area contributed by atoms with E-state index in [1.165, 1.54) is 53.2 Å². The van der Waals surface area contributed by atoms with Crippen LogP contribution in [0.4, 0.5) is 28.0 Å². The minimum absolute atomic E-state index is 0.0463. The molecule has 12 heteroatoms. The fourth-order valence-corrected chi connectivity index (χ4v) is 4.53. The van der Waals surface area contributed by atoms with Crippen molar-refractivity contribution in [2.75, 3.05) is 43.1 Å². The highest BCUT2D eigenvalue weighted by Gasteiger charge is 2.30. The third kappa shape index (κ3) is 6.92. The number of rotatable bonds is 5. The van der Waals surface area contributed by atoms with Gasteiger partial charge >= 0.3 is 12.2 Å². The molecule has 2 amide bonds. The van der Waals surface area contributed by atoms with Gasteiger partial charge in [-0.05, 0) is 42.0 Å². The smallest absolute Gasteiger partial charge is 0.422 e. The van der Waals surface area contributed by atoms with Crippen LogP contribution in [0.15, 0.2) is 53.5 Å². The summed E-state index contributed by atoms with van der Waals surface area (Å²) in [4.78, 5) is 19.8. The Morgan fingerprint density at radius 2 is 1.65 bits per heavy atom. The van der Waals surface area contributed by atoms with E-state index < -0.39 is 34.5 Å². The van der Waals surface area contributed by atoms with Gasteiger partial charge in [0.15, 0.2) is 16.4 Å². The Labute approximate surface area is 194 Å². The van der Waals surface area contributed by atoms with E-state index in [9.17, 15) is 30.8 Å². The third-order valence-corrected chi connectivity index (χ3v) is 6.71. The second-order valence-electron chi connectivity index (χ2n) is 7.61. The number of aliphatic imine (C=N–C) groups is 1. The van der Waals surface area contributed by atoms with Gasteiger partial charge in [-0.15, -0.1) is 0 Å². The maximum atomic E-state index is 13.4. The Bertz CT molecular complexity index is 1120. The largest absolute Gasteiger partial charge is 0.468 e. The number of urea groups is 1. The van der Waals surface area contributed by atoms with Gasteiger partial charge in [-0.3, -0.25) is 9.89 Å². The molecule has 0 aromatic heterocycles. The van der Waals surface area contributed by atoms with Gasteiger partial charge in [0.25, 0.3) is 0 Å². The number of halogens is 4. The van der Waals surface area contributed by atoms with Crippen LogP contribution in [0.5, 0.6) is 0 Å².